The molecule has 0 amide bonds. The summed E-state index contributed by atoms with van der Waals surface area (Å²) in [7, 11) is -1.74. The highest BCUT2D eigenvalue weighted by Gasteiger charge is 2.15. The van der Waals surface area contributed by atoms with Crippen LogP contribution < -0.4 is 5.32 Å². The van der Waals surface area contributed by atoms with Gasteiger partial charge in [-0.3, -0.25) is 0 Å². The summed E-state index contributed by atoms with van der Waals surface area (Å²) in [6.45, 7) is 0. The van der Waals surface area contributed by atoms with Crippen molar-refractivity contribution in [3.05, 3.63) is 70.8 Å². The van der Waals surface area contributed by atoms with Gasteiger partial charge in [-0.25, -0.2) is 13.4 Å². The summed E-state index contributed by atoms with van der Waals surface area (Å²) in [4.78, 5) is 4.39. The lowest BCUT2D eigenvalue weighted by Gasteiger charge is -2.06. The van der Waals surface area contributed by atoms with Gasteiger partial charge in [-0.2, -0.15) is 0 Å². The summed E-state index contributed by atoms with van der Waals surface area (Å²) >= 11 is 3.24. The fraction of sp³-hybridized carbons (Fsp3) is 0.105. The van der Waals surface area contributed by atoms with Crippen LogP contribution >= 0.6 is 15.9 Å². The number of benzene rings is 2. The molecule has 0 aliphatic carbocycles. The summed E-state index contributed by atoms with van der Waals surface area (Å²) in [5, 5.41) is 5.09. The quantitative estimate of drug-likeness (QED) is 0.620. The molecule has 128 valence electrons. The van der Waals surface area contributed by atoms with Crippen LogP contribution in [0.25, 0.3) is 16.8 Å². The molecule has 1 aromatic heterocycles. The zero-order valence-corrected chi connectivity index (χ0v) is 16.0. The van der Waals surface area contributed by atoms with Gasteiger partial charge in [-0.05, 0) is 44.4 Å². The van der Waals surface area contributed by atoms with Crippen molar-refractivity contribution in [2.75, 3.05) is 18.1 Å². The van der Waals surface area contributed by atoms with Crippen LogP contribution in [0.1, 0.15) is 5.56 Å². The Balaban J connectivity index is 1.87. The number of aromatic nitrogens is 1. The van der Waals surface area contributed by atoms with Gasteiger partial charge in [0.2, 0.25) is 0 Å². The van der Waals surface area contributed by atoms with Gasteiger partial charge in [0.25, 0.3) is 0 Å². The topological polar surface area (TPSA) is 59.1 Å². The second-order valence-electron chi connectivity index (χ2n) is 5.51. The number of anilines is 1. The Kier molecular flexibility index (Phi) is 5.20. The van der Waals surface area contributed by atoms with E-state index in [1.54, 1.807) is 13.1 Å². The highest BCUT2D eigenvalue weighted by Crippen LogP contribution is 2.22. The molecule has 0 atom stereocenters. The first kappa shape index (κ1) is 17.6. The number of hydrogen-bond donors (Lipinski definition) is 1. The SMILES string of the molecule is CNc1cc(S(=O)(=O)CC=Cc2cccc3ccccc23)cc(Br)n1. The van der Waals surface area contributed by atoms with Crippen molar-refractivity contribution in [1.82, 2.24) is 4.98 Å². The van der Waals surface area contributed by atoms with Gasteiger partial charge in [0.1, 0.15) is 10.4 Å². The molecule has 0 aliphatic rings. The lowest BCUT2D eigenvalue weighted by molar-refractivity contribution is 0.599. The van der Waals surface area contributed by atoms with E-state index in [0.29, 0.717) is 10.4 Å². The van der Waals surface area contributed by atoms with Crippen molar-refractivity contribution < 1.29 is 8.42 Å². The minimum atomic E-state index is -3.44. The Morgan fingerprint density at radius 1 is 1.12 bits per heavy atom. The molecule has 25 heavy (non-hydrogen) atoms. The van der Waals surface area contributed by atoms with Gasteiger partial charge in [0, 0.05) is 7.05 Å². The average Bonchev–Trinajstić information content (AvgIpc) is 2.61. The van der Waals surface area contributed by atoms with Crippen LogP contribution in [0.5, 0.6) is 0 Å². The minimum absolute atomic E-state index is 0.0736. The van der Waals surface area contributed by atoms with Crippen LogP contribution in [0.2, 0.25) is 0 Å². The van der Waals surface area contributed by atoms with E-state index in [1.165, 1.54) is 12.1 Å². The lowest BCUT2D eigenvalue weighted by atomic mass is 10.0. The van der Waals surface area contributed by atoms with Gasteiger partial charge in [-0.15, -0.1) is 0 Å². The van der Waals surface area contributed by atoms with E-state index >= 15 is 0 Å². The van der Waals surface area contributed by atoms with E-state index in [2.05, 4.69) is 26.2 Å². The molecular formula is C19H17BrN2O2S. The van der Waals surface area contributed by atoms with Crippen molar-refractivity contribution in [3.8, 4) is 0 Å². The third-order valence-electron chi connectivity index (χ3n) is 3.82. The van der Waals surface area contributed by atoms with Crippen LogP contribution in [0.4, 0.5) is 5.82 Å². The van der Waals surface area contributed by atoms with E-state index in [-0.39, 0.29) is 10.6 Å². The van der Waals surface area contributed by atoms with Crippen molar-refractivity contribution in [3.63, 3.8) is 0 Å². The number of hydrogen-bond acceptors (Lipinski definition) is 4. The molecule has 0 unspecified atom stereocenters. The third kappa shape index (κ3) is 4.08. The predicted octanol–water partition coefficient (Wildman–Crippen LogP) is 4.53. The maximum Gasteiger partial charge on any atom is 0.182 e. The molecule has 0 radical (unpaired) electrons. The fourth-order valence-electron chi connectivity index (χ4n) is 2.57. The van der Waals surface area contributed by atoms with E-state index in [4.69, 9.17) is 0 Å². The van der Waals surface area contributed by atoms with E-state index < -0.39 is 9.84 Å². The van der Waals surface area contributed by atoms with E-state index in [9.17, 15) is 8.42 Å². The second-order valence-corrected chi connectivity index (χ2v) is 8.36. The first-order valence-corrected chi connectivity index (χ1v) is 10.2. The number of nitrogens with one attached hydrogen (secondary N) is 1. The fourth-order valence-corrected chi connectivity index (χ4v) is 4.29. The summed E-state index contributed by atoms with van der Waals surface area (Å²) in [5.41, 5.74) is 1.00. The van der Waals surface area contributed by atoms with E-state index in [1.807, 2.05) is 48.5 Å². The van der Waals surface area contributed by atoms with Gasteiger partial charge in [0.05, 0.1) is 10.6 Å². The number of sulfone groups is 1. The molecule has 0 aliphatic heterocycles. The molecule has 1 heterocycles. The maximum atomic E-state index is 12.6. The molecule has 2 aromatic carbocycles. The van der Waals surface area contributed by atoms with Crippen LogP contribution in [-0.4, -0.2) is 26.2 Å². The molecule has 0 saturated heterocycles. The Bertz CT molecular complexity index is 1040. The smallest absolute Gasteiger partial charge is 0.182 e. The Labute approximate surface area is 155 Å². The first-order chi connectivity index (χ1) is 12.0. The summed E-state index contributed by atoms with van der Waals surface area (Å²) in [6.07, 6.45) is 3.54. The van der Waals surface area contributed by atoms with Gasteiger partial charge >= 0.3 is 0 Å². The molecule has 0 bridgehead atoms. The van der Waals surface area contributed by atoms with Crippen molar-refractivity contribution in [1.29, 1.82) is 0 Å². The number of halogens is 1. The van der Waals surface area contributed by atoms with Crippen LogP contribution in [-0.2, 0) is 9.84 Å². The molecule has 6 heteroatoms. The monoisotopic (exact) mass is 416 g/mol. The highest BCUT2D eigenvalue weighted by molar-refractivity contribution is 9.10. The molecule has 3 rings (SSSR count). The second kappa shape index (κ2) is 7.37. The molecule has 4 nitrogen and oxygen atoms in total. The third-order valence-corrected chi connectivity index (χ3v) is 5.81. The minimum Gasteiger partial charge on any atom is -0.373 e. The number of pyridine rings is 1. The lowest BCUT2D eigenvalue weighted by Crippen LogP contribution is -2.06. The molecule has 0 fully saturated rings. The molecule has 0 saturated carbocycles. The summed E-state index contributed by atoms with van der Waals surface area (Å²) in [6, 6.07) is 17.1. The van der Waals surface area contributed by atoms with Gasteiger partial charge in [0.15, 0.2) is 9.84 Å². The number of nitrogens with zero attached hydrogens (tertiary/aromatic N) is 1. The largest absolute Gasteiger partial charge is 0.373 e. The number of fused-ring (bicyclic) bond motifs is 1. The first-order valence-electron chi connectivity index (χ1n) is 7.72. The van der Waals surface area contributed by atoms with Crippen LogP contribution in [0.3, 0.4) is 0 Å². The van der Waals surface area contributed by atoms with Crippen LogP contribution in [0.15, 0.2) is 70.2 Å². The van der Waals surface area contributed by atoms with Gasteiger partial charge in [-0.1, -0.05) is 54.6 Å². The Morgan fingerprint density at radius 2 is 1.88 bits per heavy atom. The molecule has 0 spiro atoms. The molecular weight excluding hydrogens is 400 g/mol. The zero-order chi connectivity index (χ0) is 17.9. The van der Waals surface area contributed by atoms with Crippen molar-refractivity contribution >= 4 is 48.4 Å². The van der Waals surface area contributed by atoms with Crippen molar-refractivity contribution in [2.45, 2.75) is 4.90 Å². The molecule has 3 aromatic rings. The molecule has 1 N–H and O–H groups in total. The Hall–Kier alpha value is -2.18. The predicted molar refractivity (Wildman–Crippen MR) is 107 cm³/mol. The average molecular weight is 417 g/mol. The number of rotatable bonds is 5. The maximum absolute atomic E-state index is 12.6. The standard InChI is InChI=1S/C19H17BrN2O2S/c1-21-19-13-16(12-18(20)22-19)25(23,24)11-5-9-15-8-4-7-14-6-2-3-10-17(14)15/h2-10,12-13H,11H2,1H3,(H,21,22). The van der Waals surface area contributed by atoms with Crippen LogP contribution in [0, 0.1) is 0 Å². The zero-order valence-electron chi connectivity index (χ0n) is 13.6. The highest BCUT2D eigenvalue weighted by atomic mass is 79.9. The summed E-state index contributed by atoms with van der Waals surface area (Å²) < 4.78 is 25.6. The Morgan fingerprint density at radius 3 is 2.68 bits per heavy atom. The van der Waals surface area contributed by atoms with E-state index in [0.717, 1.165) is 16.3 Å². The van der Waals surface area contributed by atoms with Gasteiger partial charge < -0.3 is 5.32 Å². The van der Waals surface area contributed by atoms with Crippen molar-refractivity contribution in [2.24, 2.45) is 0 Å². The normalized spacial score (nSPS) is 11.9. The summed E-state index contributed by atoms with van der Waals surface area (Å²) in [5.74, 6) is 0.432.